The van der Waals surface area contributed by atoms with Crippen LogP contribution in [0.25, 0.3) is 22.5 Å². The van der Waals surface area contributed by atoms with Crippen LogP contribution in [0, 0.1) is 6.92 Å². The van der Waals surface area contributed by atoms with Crippen molar-refractivity contribution in [1.82, 2.24) is 9.71 Å². The van der Waals surface area contributed by atoms with E-state index in [4.69, 9.17) is 4.74 Å². The zero-order valence-corrected chi connectivity index (χ0v) is 18.1. The zero-order valence-electron chi connectivity index (χ0n) is 17.3. The van der Waals surface area contributed by atoms with E-state index in [2.05, 4.69) is 4.98 Å². The number of sulfone groups is 1. The van der Waals surface area contributed by atoms with E-state index in [-0.39, 0.29) is 42.4 Å². The molecule has 1 N–H and O–H groups in total. The van der Waals surface area contributed by atoms with Gasteiger partial charge < -0.3 is 9.94 Å². The Kier molecular flexibility index (Phi) is 5.41. The molecule has 4 rings (SSSR count). The van der Waals surface area contributed by atoms with Crippen LogP contribution in [-0.4, -0.2) is 41.1 Å². The van der Waals surface area contributed by atoms with Gasteiger partial charge in [-0.05, 0) is 55.7 Å². The van der Waals surface area contributed by atoms with E-state index in [0.717, 1.165) is 4.73 Å². The molecule has 3 aliphatic rings. The molecule has 0 atom stereocenters. The van der Waals surface area contributed by atoms with E-state index in [1.165, 1.54) is 6.07 Å². The van der Waals surface area contributed by atoms with Crippen LogP contribution in [0.5, 0.6) is 5.75 Å². The third-order valence-electron chi connectivity index (χ3n) is 5.80. The Morgan fingerprint density at radius 3 is 2.55 bits per heavy atom. The second kappa shape index (κ2) is 7.78. The van der Waals surface area contributed by atoms with Crippen LogP contribution in [0.4, 0.5) is 8.78 Å². The molecule has 0 amide bonds. The monoisotopic (exact) mass is 450 g/mol. The first-order chi connectivity index (χ1) is 14.6. The number of ether oxygens (including phenoxy) is 1. The molecule has 2 heterocycles. The lowest BCUT2D eigenvalue weighted by Gasteiger charge is -2.29. The molecule has 0 aromatic heterocycles. The second-order valence-electron chi connectivity index (χ2n) is 7.93. The lowest BCUT2D eigenvalue weighted by molar-refractivity contribution is -0.0581. The summed E-state index contributed by atoms with van der Waals surface area (Å²) in [6.07, 6.45) is 1.14. The minimum atomic E-state index is -3.48. The Morgan fingerprint density at radius 2 is 1.87 bits per heavy atom. The Morgan fingerprint density at radius 1 is 1.16 bits per heavy atom. The van der Waals surface area contributed by atoms with E-state index in [1.54, 1.807) is 44.3 Å². The van der Waals surface area contributed by atoms with Crippen molar-refractivity contribution in [3.8, 4) is 28.3 Å². The van der Waals surface area contributed by atoms with Crippen LogP contribution in [-0.2, 0) is 9.84 Å². The number of halogens is 2. The van der Waals surface area contributed by atoms with Crippen molar-refractivity contribution in [3.63, 3.8) is 0 Å². The number of hydrogen-bond acceptors (Lipinski definition) is 5. The van der Waals surface area contributed by atoms with Crippen molar-refractivity contribution in [2.45, 2.75) is 56.5 Å². The molecule has 31 heavy (non-hydrogen) atoms. The summed E-state index contributed by atoms with van der Waals surface area (Å²) in [4.78, 5) is 4.34. The highest BCUT2D eigenvalue weighted by molar-refractivity contribution is 7.91. The lowest BCUT2D eigenvalue weighted by atomic mass is 9.94. The summed E-state index contributed by atoms with van der Waals surface area (Å²) in [6, 6.07) is 8.07. The molecule has 1 fully saturated rings. The summed E-state index contributed by atoms with van der Waals surface area (Å²) in [5, 5.41) is 10.3. The smallest absolute Gasteiger partial charge is 0.248 e. The first-order valence-electron chi connectivity index (χ1n) is 10.2. The third-order valence-corrected chi connectivity index (χ3v) is 7.53. The molecule has 6 nitrogen and oxygen atoms in total. The predicted octanol–water partition coefficient (Wildman–Crippen LogP) is 4.95. The average molecular weight is 451 g/mol. The highest BCUT2D eigenvalue weighted by Gasteiger charge is 2.36. The largest absolute Gasteiger partial charge is 0.490 e. The van der Waals surface area contributed by atoms with Crippen molar-refractivity contribution < 1.29 is 27.1 Å². The Balaban J connectivity index is 1.82. The zero-order chi connectivity index (χ0) is 22.4. The highest BCUT2D eigenvalue weighted by atomic mass is 32.2. The molecule has 0 unspecified atom stereocenters. The predicted molar refractivity (Wildman–Crippen MR) is 112 cm³/mol. The number of nitrogens with zero attached hydrogens (tertiary/aromatic N) is 2. The van der Waals surface area contributed by atoms with E-state index in [0.29, 0.717) is 34.0 Å². The molecule has 0 spiro atoms. The topological polar surface area (TPSA) is 81.4 Å². The quantitative estimate of drug-likeness (QED) is 0.556. The summed E-state index contributed by atoms with van der Waals surface area (Å²) in [6.45, 7) is 3.27. The third kappa shape index (κ3) is 4.11. The van der Waals surface area contributed by atoms with Crippen molar-refractivity contribution in [2.24, 2.45) is 0 Å². The lowest BCUT2D eigenvalue weighted by Crippen LogP contribution is -2.30. The van der Waals surface area contributed by atoms with Crippen LogP contribution in [0.3, 0.4) is 0 Å². The minimum Gasteiger partial charge on any atom is -0.490 e. The van der Waals surface area contributed by atoms with Gasteiger partial charge >= 0.3 is 0 Å². The maximum absolute atomic E-state index is 13.5. The minimum absolute atomic E-state index is 0.0534. The molecule has 1 aromatic carbocycles. The molecular formula is C22H24F2N2O4S. The molecule has 2 aliphatic heterocycles. The fraction of sp³-hybridized carbons (Fsp3) is 0.409. The maximum atomic E-state index is 13.5. The van der Waals surface area contributed by atoms with Gasteiger partial charge in [-0.1, -0.05) is 6.92 Å². The van der Waals surface area contributed by atoms with Gasteiger partial charge in [-0.3, -0.25) is 0 Å². The molecule has 0 saturated heterocycles. The van der Waals surface area contributed by atoms with E-state index >= 15 is 0 Å². The van der Waals surface area contributed by atoms with Crippen molar-refractivity contribution in [1.29, 1.82) is 0 Å². The number of hydrogen-bond donors (Lipinski definition) is 1. The van der Waals surface area contributed by atoms with E-state index in [9.17, 15) is 22.4 Å². The Bertz CT molecular complexity index is 1180. The van der Waals surface area contributed by atoms with E-state index in [1.807, 2.05) is 0 Å². The first-order valence-corrected chi connectivity index (χ1v) is 11.8. The molecule has 1 aliphatic carbocycles. The van der Waals surface area contributed by atoms with Crippen LogP contribution in [0.1, 0.15) is 38.3 Å². The van der Waals surface area contributed by atoms with Crippen molar-refractivity contribution >= 4 is 9.84 Å². The molecule has 166 valence electrons. The van der Waals surface area contributed by atoms with E-state index < -0.39 is 15.8 Å². The number of pyridine rings is 1. The molecule has 9 heteroatoms. The van der Waals surface area contributed by atoms with Gasteiger partial charge in [0.15, 0.2) is 15.7 Å². The van der Waals surface area contributed by atoms with Gasteiger partial charge in [-0.15, -0.1) is 0 Å². The van der Waals surface area contributed by atoms with Gasteiger partial charge in [0.2, 0.25) is 5.92 Å². The SMILES string of the molecule is CCS(=O)(=O)c1ccc(OC2CCC(F)(F)CC2)c(-c2cc(C)n(O)c3nccc2-3)c1. The molecule has 1 aromatic rings. The van der Waals surface area contributed by atoms with Gasteiger partial charge in [-0.2, -0.15) is 4.73 Å². The Labute approximate surface area is 179 Å². The summed E-state index contributed by atoms with van der Waals surface area (Å²) in [5.41, 5.74) is 2.31. The summed E-state index contributed by atoms with van der Waals surface area (Å²) >= 11 is 0. The number of alkyl halides is 2. The summed E-state index contributed by atoms with van der Waals surface area (Å²) in [5.74, 6) is -1.97. The number of aromatic nitrogens is 2. The van der Waals surface area contributed by atoms with Crippen LogP contribution in [0.2, 0.25) is 0 Å². The summed E-state index contributed by atoms with van der Waals surface area (Å²) in [7, 11) is -3.48. The van der Waals surface area contributed by atoms with Crippen LogP contribution in [0.15, 0.2) is 41.4 Å². The average Bonchev–Trinajstić information content (AvgIpc) is 3.23. The van der Waals surface area contributed by atoms with Gasteiger partial charge in [0.1, 0.15) is 5.75 Å². The van der Waals surface area contributed by atoms with Gasteiger partial charge in [0.05, 0.1) is 22.4 Å². The maximum Gasteiger partial charge on any atom is 0.248 e. The van der Waals surface area contributed by atoms with Gasteiger partial charge in [-0.25, -0.2) is 22.2 Å². The number of benzene rings is 1. The summed E-state index contributed by atoms with van der Waals surface area (Å²) < 4.78 is 59.2. The number of aryl methyl sites for hydroxylation is 1. The number of fused-ring (bicyclic) bond motifs is 1. The second-order valence-corrected chi connectivity index (χ2v) is 10.2. The number of rotatable bonds is 5. The normalized spacial score (nSPS) is 17.2. The molecule has 1 saturated carbocycles. The first kappa shape index (κ1) is 21.5. The van der Waals surface area contributed by atoms with Crippen molar-refractivity contribution in [3.05, 3.63) is 42.2 Å². The van der Waals surface area contributed by atoms with Gasteiger partial charge in [0.25, 0.3) is 0 Å². The molecule has 0 radical (unpaired) electrons. The van der Waals surface area contributed by atoms with Crippen LogP contribution >= 0.6 is 0 Å². The highest BCUT2D eigenvalue weighted by Crippen LogP contribution is 2.42. The van der Waals surface area contributed by atoms with Crippen molar-refractivity contribution in [2.75, 3.05) is 5.75 Å². The molecule has 0 bridgehead atoms. The Hall–Kier alpha value is -2.68. The fourth-order valence-electron chi connectivity index (χ4n) is 3.94. The fourth-order valence-corrected chi connectivity index (χ4v) is 4.84. The van der Waals surface area contributed by atoms with Crippen LogP contribution < -0.4 is 4.74 Å². The van der Waals surface area contributed by atoms with Gasteiger partial charge in [0, 0.05) is 30.2 Å². The standard InChI is InChI=1S/C22H24F2N2O4S/c1-3-31(28,29)16-4-5-20(30-15-6-9-22(23,24)10-7-15)19(13-16)18-12-14(2)26(27)21-17(18)8-11-25-21/h4-5,8,11-13,15,27H,3,6-7,9-10H2,1-2H3. The molecular weight excluding hydrogens is 426 g/mol.